The van der Waals surface area contributed by atoms with Crippen LogP contribution in [0.4, 0.5) is 14.5 Å². The Balaban J connectivity index is 2.49. The summed E-state index contributed by atoms with van der Waals surface area (Å²) < 4.78 is 28.3. The number of hydrogen-bond acceptors (Lipinski definition) is 3. The Kier molecular flexibility index (Phi) is 7.37. The lowest BCUT2D eigenvalue weighted by Crippen LogP contribution is -2.16. The zero-order valence-corrected chi connectivity index (χ0v) is 11.7. The van der Waals surface area contributed by atoms with Crippen LogP contribution in [-0.4, -0.2) is 37.3 Å². The minimum Gasteiger partial charge on any atom is -0.384 e. The van der Waals surface area contributed by atoms with Crippen molar-refractivity contribution in [1.82, 2.24) is 0 Å². The predicted octanol–water partition coefficient (Wildman–Crippen LogP) is 1.95. The van der Waals surface area contributed by atoms with Gasteiger partial charge in [-0.15, -0.1) is 0 Å². The normalized spacial score (nSPS) is 10.1. The van der Waals surface area contributed by atoms with E-state index in [1.54, 1.807) is 18.2 Å². The molecule has 0 unspecified atom stereocenters. The van der Waals surface area contributed by atoms with Crippen LogP contribution in [0.3, 0.4) is 0 Å². The van der Waals surface area contributed by atoms with E-state index in [4.69, 9.17) is 5.11 Å². The second-order valence-electron chi connectivity index (χ2n) is 4.25. The maximum Gasteiger partial charge on any atom is 0.261 e. The molecule has 1 amide bonds. The fourth-order valence-corrected chi connectivity index (χ4v) is 1.57. The number of alkyl halides is 2. The molecule has 0 heterocycles. The van der Waals surface area contributed by atoms with E-state index in [-0.39, 0.29) is 25.5 Å². The number of amides is 1. The van der Waals surface area contributed by atoms with Crippen molar-refractivity contribution >= 4 is 11.6 Å². The summed E-state index contributed by atoms with van der Waals surface area (Å²) in [6, 6.07) is 5.21. The number of carbonyl (C=O) groups is 1. The van der Waals surface area contributed by atoms with Gasteiger partial charge in [0.15, 0.2) is 0 Å². The number of rotatable bonds is 6. The zero-order valence-electron chi connectivity index (χ0n) is 11.7. The van der Waals surface area contributed by atoms with Crippen LogP contribution in [0.15, 0.2) is 18.2 Å². The number of halogens is 2. The molecule has 0 aliphatic carbocycles. The van der Waals surface area contributed by atoms with Gasteiger partial charge in [0, 0.05) is 11.3 Å². The van der Waals surface area contributed by atoms with Crippen LogP contribution < -0.4 is 5.32 Å². The molecule has 0 saturated heterocycles. The molecule has 2 N–H and O–H groups in total. The minimum atomic E-state index is -2.53. The largest absolute Gasteiger partial charge is 0.384 e. The van der Waals surface area contributed by atoms with Crippen molar-refractivity contribution in [3.05, 3.63) is 29.3 Å². The van der Waals surface area contributed by atoms with Gasteiger partial charge in [0.2, 0.25) is 5.91 Å². The number of ether oxygens (including phenoxy) is 1. The zero-order chi connectivity index (χ0) is 15.7. The fraction of sp³-hybridized carbons (Fsp3) is 0.400. The molecule has 0 aliphatic rings. The molecule has 0 aliphatic heterocycles. The molecule has 21 heavy (non-hydrogen) atoms. The van der Waals surface area contributed by atoms with Gasteiger partial charge in [-0.2, -0.15) is 0 Å². The number of aryl methyl sites for hydroxylation is 1. The number of aliphatic hydroxyl groups is 1. The first-order valence-electron chi connectivity index (χ1n) is 6.39. The molecule has 1 aromatic rings. The standard InChI is InChI=1S/C15H17F2NO3/c1-11-9-12(3-2-7-19)4-5-13(11)18-15(20)6-8-21-10-14(16)17/h4-5,9,14,19H,6-8,10H2,1H3,(H,18,20). The second-order valence-corrected chi connectivity index (χ2v) is 4.25. The van der Waals surface area contributed by atoms with Crippen LogP contribution in [0, 0.1) is 18.8 Å². The van der Waals surface area contributed by atoms with E-state index in [1.807, 2.05) is 6.92 Å². The summed E-state index contributed by atoms with van der Waals surface area (Å²) >= 11 is 0. The highest BCUT2D eigenvalue weighted by Crippen LogP contribution is 2.16. The van der Waals surface area contributed by atoms with Crippen molar-refractivity contribution in [2.75, 3.05) is 25.1 Å². The smallest absolute Gasteiger partial charge is 0.261 e. The summed E-state index contributed by atoms with van der Waals surface area (Å²) in [5.74, 6) is 5.00. The number of hydrogen-bond donors (Lipinski definition) is 2. The van der Waals surface area contributed by atoms with Gasteiger partial charge < -0.3 is 15.2 Å². The van der Waals surface area contributed by atoms with Crippen LogP contribution in [0.2, 0.25) is 0 Å². The Morgan fingerprint density at radius 3 is 2.86 bits per heavy atom. The van der Waals surface area contributed by atoms with Crippen LogP contribution >= 0.6 is 0 Å². The van der Waals surface area contributed by atoms with Gasteiger partial charge in [-0.25, -0.2) is 8.78 Å². The van der Waals surface area contributed by atoms with Crippen LogP contribution in [0.5, 0.6) is 0 Å². The summed E-state index contributed by atoms with van der Waals surface area (Å²) in [6.45, 7) is 0.892. The van der Waals surface area contributed by atoms with Crippen molar-refractivity contribution < 1.29 is 23.4 Å². The third-order valence-corrected chi connectivity index (χ3v) is 2.53. The van der Waals surface area contributed by atoms with E-state index >= 15 is 0 Å². The molecule has 114 valence electrons. The monoisotopic (exact) mass is 297 g/mol. The van der Waals surface area contributed by atoms with Gasteiger partial charge in [-0.05, 0) is 30.7 Å². The Morgan fingerprint density at radius 2 is 2.24 bits per heavy atom. The lowest BCUT2D eigenvalue weighted by Gasteiger charge is -2.09. The van der Waals surface area contributed by atoms with Gasteiger partial charge in [0.25, 0.3) is 6.43 Å². The molecule has 4 nitrogen and oxygen atoms in total. The first-order chi connectivity index (χ1) is 10.0. The number of benzene rings is 1. The van der Waals surface area contributed by atoms with Crippen molar-refractivity contribution in [2.45, 2.75) is 19.8 Å². The molecule has 0 atom stereocenters. The first kappa shape index (κ1) is 17.1. The molecule has 1 aromatic carbocycles. The highest BCUT2D eigenvalue weighted by atomic mass is 19.3. The van der Waals surface area contributed by atoms with Gasteiger partial charge in [0.1, 0.15) is 13.2 Å². The molecule has 1 rings (SSSR count). The Hall–Kier alpha value is -1.97. The average molecular weight is 297 g/mol. The third kappa shape index (κ3) is 6.84. The number of carbonyl (C=O) groups excluding carboxylic acids is 1. The van der Waals surface area contributed by atoms with Crippen molar-refractivity contribution in [1.29, 1.82) is 0 Å². The molecule has 0 spiro atoms. The quantitative estimate of drug-likeness (QED) is 0.623. The Bertz CT molecular complexity index is 535. The van der Waals surface area contributed by atoms with Crippen molar-refractivity contribution in [3.63, 3.8) is 0 Å². The second kappa shape index (κ2) is 9.06. The maximum atomic E-state index is 11.8. The molecule has 0 aromatic heterocycles. The van der Waals surface area contributed by atoms with Gasteiger partial charge in [0.05, 0.1) is 13.0 Å². The van der Waals surface area contributed by atoms with Gasteiger partial charge in [-0.3, -0.25) is 4.79 Å². The van der Waals surface area contributed by atoms with Crippen molar-refractivity contribution in [3.8, 4) is 11.8 Å². The minimum absolute atomic E-state index is 0.0121. The van der Waals surface area contributed by atoms with E-state index in [0.29, 0.717) is 5.69 Å². The molecular weight excluding hydrogens is 280 g/mol. The summed E-state index contributed by atoms with van der Waals surface area (Å²) in [4.78, 5) is 11.6. The molecule has 0 radical (unpaired) electrons. The highest BCUT2D eigenvalue weighted by Gasteiger charge is 2.07. The molecule has 0 bridgehead atoms. The van der Waals surface area contributed by atoms with E-state index in [0.717, 1.165) is 11.1 Å². The average Bonchev–Trinajstić information content (AvgIpc) is 2.44. The Morgan fingerprint density at radius 1 is 1.48 bits per heavy atom. The molecule has 6 heteroatoms. The topological polar surface area (TPSA) is 58.6 Å². The number of nitrogens with one attached hydrogen (secondary N) is 1. The number of aliphatic hydroxyl groups excluding tert-OH is 1. The van der Waals surface area contributed by atoms with E-state index < -0.39 is 13.0 Å². The predicted molar refractivity (Wildman–Crippen MR) is 75.2 cm³/mol. The van der Waals surface area contributed by atoms with E-state index in [2.05, 4.69) is 21.9 Å². The molecule has 0 fully saturated rings. The summed E-state index contributed by atoms with van der Waals surface area (Å²) in [6.07, 6.45) is -2.51. The molecular formula is C15H17F2NO3. The molecule has 0 saturated carbocycles. The van der Waals surface area contributed by atoms with E-state index in [9.17, 15) is 13.6 Å². The van der Waals surface area contributed by atoms with Crippen LogP contribution in [-0.2, 0) is 9.53 Å². The Labute approximate surface area is 122 Å². The van der Waals surface area contributed by atoms with Crippen molar-refractivity contribution in [2.24, 2.45) is 0 Å². The number of anilines is 1. The van der Waals surface area contributed by atoms with Gasteiger partial charge >= 0.3 is 0 Å². The lowest BCUT2D eigenvalue weighted by atomic mass is 10.1. The van der Waals surface area contributed by atoms with Crippen LogP contribution in [0.1, 0.15) is 17.5 Å². The summed E-state index contributed by atoms with van der Waals surface area (Å²) in [7, 11) is 0. The fourth-order valence-electron chi connectivity index (χ4n) is 1.57. The lowest BCUT2D eigenvalue weighted by molar-refractivity contribution is -0.117. The van der Waals surface area contributed by atoms with E-state index in [1.165, 1.54) is 0 Å². The highest BCUT2D eigenvalue weighted by molar-refractivity contribution is 5.91. The first-order valence-corrected chi connectivity index (χ1v) is 6.39. The third-order valence-electron chi connectivity index (χ3n) is 2.53. The summed E-state index contributed by atoms with van der Waals surface area (Å²) in [5.41, 5.74) is 2.19. The maximum absolute atomic E-state index is 11.8. The SMILES string of the molecule is Cc1cc(C#CCO)ccc1NC(=O)CCOCC(F)F. The van der Waals surface area contributed by atoms with Gasteiger partial charge in [-0.1, -0.05) is 11.8 Å². The van der Waals surface area contributed by atoms with Crippen LogP contribution in [0.25, 0.3) is 0 Å². The summed E-state index contributed by atoms with van der Waals surface area (Å²) in [5, 5.41) is 11.3.